The molecule has 2 aromatic heterocycles. The number of aromatic nitrogens is 3. The Morgan fingerprint density at radius 3 is 2.68 bits per heavy atom. The number of nitrogens with one attached hydrogen (secondary N) is 1. The zero-order valence-corrected chi connectivity index (χ0v) is 14.5. The molecule has 0 bridgehead atoms. The van der Waals surface area contributed by atoms with E-state index in [1.54, 1.807) is 6.20 Å². The van der Waals surface area contributed by atoms with E-state index in [1.165, 1.54) is 0 Å². The summed E-state index contributed by atoms with van der Waals surface area (Å²) in [5.41, 5.74) is 1.15. The van der Waals surface area contributed by atoms with Crippen LogP contribution < -0.4 is 5.56 Å². The summed E-state index contributed by atoms with van der Waals surface area (Å²) in [6.45, 7) is 6.13. The average Bonchev–Trinajstić information content (AvgIpc) is 2.90. The lowest BCUT2D eigenvalue weighted by Gasteiger charge is -2.35. The van der Waals surface area contributed by atoms with Crippen molar-refractivity contribution in [2.45, 2.75) is 26.8 Å². The number of H-pyrrole nitrogens is 1. The number of rotatable bonds is 2. The second-order valence-electron chi connectivity index (χ2n) is 7.31. The SMILES string of the molecule is C[C@@H]1C[C@@H](C)CN(C(=O)Cn2c3ccccc3c3cn[nH]c(=O)c32)C1. The van der Waals surface area contributed by atoms with Gasteiger partial charge in [0.2, 0.25) is 5.91 Å². The Kier molecular flexibility index (Phi) is 3.82. The van der Waals surface area contributed by atoms with Gasteiger partial charge < -0.3 is 9.47 Å². The van der Waals surface area contributed by atoms with Crippen molar-refractivity contribution in [3.8, 4) is 0 Å². The molecule has 0 spiro atoms. The Morgan fingerprint density at radius 1 is 1.20 bits per heavy atom. The fourth-order valence-corrected chi connectivity index (χ4v) is 4.18. The van der Waals surface area contributed by atoms with Gasteiger partial charge in [0.1, 0.15) is 12.1 Å². The molecule has 0 aliphatic carbocycles. The highest BCUT2D eigenvalue weighted by molar-refractivity contribution is 6.07. The van der Waals surface area contributed by atoms with Gasteiger partial charge in [-0.25, -0.2) is 5.10 Å². The molecule has 2 atom stereocenters. The van der Waals surface area contributed by atoms with E-state index < -0.39 is 0 Å². The van der Waals surface area contributed by atoms with Crippen LogP contribution in [0, 0.1) is 11.8 Å². The van der Waals surface area contributed by atoms with E-state index in [2.05, 4.69) is 24.0 Å². The minimum Gasteiger partial charge on any atom is -0.341 e. The predicted octanol–water partition coefficient (Wildman–Crippen LogP) is 2.38. The maximum absolute atomic E-state index is 12.9. The molecule has 1 aromatic carbocycles. The first-order valence-electron chi connectivity index (χ1n) is 8.77. The largest absolute Gasteiger partial charge is 0.341 e. The molecule has 25 heavy (non-hydrogen) atoms. The summed E-state index contributed by atoms with van der Waals surface area (Å²) in [6, 6.07) is 7.77. The molecule has 6 nitrogen and oxygen atoms in total. The third-order valence-electron chi connectivity index (χ3n) is 5.10. The van der Waals surface area contributed by atoms with Crippen LogP contribution in [0.2, 0.25) is 0 Å². The normalized spacial score (nSPS) is 21.1. The van der Waals surface area contributed by atoms with E-state index in [4.69, 9.17) is 0 Å². The molecule has 1 N–H and O–H groups in total. The molecule has 1 aliphatic heterocycles. The number of likely N-dealkylation sites (tertiary alicyclic amines) is 1. The third-order valence-corrected chi connectivity index (χ3v) is 5.10. The summed E-state index contributed by atoms with van der Waals surface area (Å²) in [4.78, 5) is 27.2. The Labute approximate surface area is 145 Å². The number of hydrogen-bond donors (Lipinski definition) is 1. The van der Waals surface area contributed by atoms with Crippen LogP contribution in [0.15, 0.2) is 35.3 Å². The fraction of sp³-hybridized carbons (Fsp3) is 0.421. The van der Waals surface area contributed by atoms with Gasteiger partial charge in [0, 0.05) is 29.4 Å². The number of piperidine rings is 1. The Morgan fingerprint density at radius 2 is 1.92 bits per heavy atom. The van der Waals surface area contributed by atoms with Crippen LogP contribution >= 0.6 is 0 Å². The van der Waals surface area contributed by atoms with Crippen LogP contribution in [0.1, 0.15) is 20.3 Å². The third kappa shape index (κ3) is 2.71. The molecule has 3 aromatic rings. The summed E-state index contributed by atoms with van der Waals surface area (Å²) in [7, 11) is 0. The Hall–Kier alpha value is -2.63. The van der Waals surface area contributed by atoms with Crippen LogP contribution in [-0.4, -0.2) is 38.7 Å². The van der Waals surface area contributed by atoms with Crippen molar-refractivity contribution >= 4 is 27.7 Å². The Balaban J connectivity index is 1.78. The van der Waals surface area contributed by atoms with Gasteiger partial charge in [-0.05, 0) is 24.3 Å². The van der Waals surface area contributed by atoms with E-state index in [0.717, 1.165) is 35.8 Å². The van der Waals surface area contributed by atoms with Crippen LogP contribution in [0.4, 0.5) is 0 Å². The molecule has 1 fully saturated rings. The molecule has 1 aliphatic rings. The van der Waals surface area contributed by atoms with Crippen LogP contribution in [0.5, 0.6) is 0 Å². The molecule has 4 rings (SSSR count). The summed E-state index contributed by atoms with van der Waals surface area (Å²) < 4.78 is 1.83. The molecule has 130 valence electrons. The molecule has 6 heteroatoms. The number of benzene rings is 1. The lowest BCUT2D eigenvalue weighted by Crippen LogP contribution is -2.44. The monoisotopic (exact) mass is 338 g/mol. The quantitative estimate of drug-likeness (QED) is 0.780. The van der Waals surface area contributed by atoms with E-state index in [-0.39, 0.29) is 18.0 Å². The van der Waals surface area contributed by atoms with Crippen molar-refractivity contribution in [2.24, 2.45) is 11.8 Å². The first-order valence-corrected chi connectivity index (χ1v) is 8.77. The highest BCUT2D eigenvalue weighted by Gasteiger charge is 2.26. The zero-order valence-electron chi connectivity index (χ0n) is 14.5. The maximum Gasteiger partial charge on any atom is 0.288 e. The van der Waals surface area contributed by atoms with Crippen LogP contribution in [-0.2, 0) is 11.3 Å². The summed E-state index contributed by atoms with van der Waals surface area (Å²) in [5.74, 6) is 1.09. The minimum absolute atomic E-state index is 0.0669. The predicted molar refractivity (Wildman–Crippen MR) is 97.4 cm³/mol. The second-order valence-corrected chi connectivity index (χ2v) is 7.31. The number of para-hydroxylation sites is 1. The number of carbonyl (C=O) groups is 1. The first-order chi connectivity index (χ1) is 12.0. The molecular weight excluding hydrogens is 316 g/mol. The molecular formula is C19H22N4O2. The number of nitrogens with zero attached hydrogens (tertiary/aromatic N) is 3. The van der Waals surface area contributed by atoms with E-state index in [0.29, 0.717) is 17.4 Å². The molecule has 0 unspecified atom stereocenters. The molecule has 3 heterocycles. The molecule has 0 radical (unpaired) electrons. The first kappa shape index (κ1) is 15.9. The zero-order chi connectivity index (χ0) is 17.6. The van der Waals surface area contributed by atoms with Gasteiger partial charge in [0.15, 0.2) is 0 Å². The van der Waals surface area contributed by atoms with E-state index >= 15 is 0 Å². The van der Waals surface area contributed by atoms with Crippen LogP contribution in [0.25, 0.3) is 21.8 Å². The van der Waals surface area contributed by atoms with Crippen LogP contribution in [0.3, 0.4) is 0 Å². The fourth-order valence-electron chi connectivity index (χ4n) is 4.18. The van der Waals surface area contributed by atoms with Gasteiger partial charge in [0.25, 0.3) is 5.56 Å². The van der Waals surface area contributed by atoms with Gasteiger partial charge in [-0.2, -0.15) is 5.10 Å². The van der Waals surface area contributed by atoms with Gasteiger partial charge >= 0.3 is 0 Å². The second kappa shape index (κ2) is 6.02. The lowest BCUT2D eigenvalue weighted by atomic mass is 9.92. The standard InChI is InChI=1S/C19H22N4O2/c1-12-7-13(2)10-22(9-12)17(24)11-23-16-6-4-3-5-14(16)15-8-20-21-19(25)18(15)23/h3-6,8,12-13H,7,9-11H2,1-2H3,(H,21,25)/t12-,13-/m1/s1. The van der Waals surface area contributed by atoms with Crippen molar-refractivity contribution in [3.05, 3.63) is 40.8 Å². The highest BCUT2D eigenvalue weighted by Crippen LogP contribution is 2.27. The van der Waals surface area contributed by atoms with Gasteiger partial charge in [-0.1, -0.05) is 32.0 Å². The summed E-state index contributed by atoms with van der Waals surface area (Å²) in [5, 5.41) is 8.14. The lowest BCUT2D eigenvalue weighted by molar-refractivity contribution is -0.134. The minimum atomic E-state index is -0.262. The molecule has 0 saturated carbocycles. The molecule has 1 saturated heterocycles. The summed E-state index contributed by atoms with van der Waals surface area (Å²) in [6.07, 6.45) is 2.82. The van der Waals surface area contributed by atoms with Crippen molar-refractivity contribution in [1.82, 2.24) is 19.7 Å². The van der Waals surface area contributed by atoms with Gasteiger partial charge in [-0.15, -0.1) is 0 Å². The van der Waals surface area contributed by atoms with Gasteiger partial charge in [-0.3, -0.25) is 9.59 Å². The Bertz CT molecular complexity index is 993. The van der Waals surface area contributed by atoms with E-state index in [9.17, 15) is 9.59 Å². The number of fused-ring (bicyclic) bond motifs is 3. The molecule has 1 amide bonds. The van der Waals surface area contributed by atoms with E-state index in [1.807, 2.05) is 33.7 Å². The number of amides is 1. The number of hydrogen-bond acceptors (Lipinski definition) is 3. The topological polar surface area (TPSA) is 71.0 Å². The van der Waals surface area contributed by atoms with Crippen molar-refractivity contribution in [2.75, 3.05) is 13.1 Å². The van der Waals surface area contributed by atoms with Crippen molar-refractivity contribution < 1.29 is 4.79 Å². The summed E-state index contributed by atoms with van der Waals surface area (Å²) >= 11 is 0. The number of aromatic amines is 1. The van der Waals surface area contributed by atoms with Crippen molar-refractivity contribution in [1.29, 1.82) is 0 Å². The van der Waals surface area contributed by atoms with Crippen molar-refractivity contribution in [3.63, 3.8) is 0 Å². The van der Waals surface area contributed by atoms with Gasteiger partial charge in [0.05, 0.1) is 6.20 Å². The number of carbonyl (C=O) groups excluding carboxylic acids is 1. The average molecular weight is 338 g/mol. The maximum atomic E-state index is 12.9. The smallest absolute Gasteiger partial charge is 0.288 e. The highest BCUT2D eigenvalue weighted by atomic mass is 16.2.